The van der Waals surface area contributed by atoms with Gasteiger partial charge in [0.15, 0.2) is 5.78 Å². The zero-order valence-corrected chi connectivity index (χ0v) is 12.2. The number of benzene rings is 2. The second-order valence-electron chi connectivity index (χ2n) is 4.65. The number of rotatable bonds is 2. The molecule has 1 N–H and O–H groups in total. The van der Waals surface area contributed by atoms with Crippen molar-refractivity contribution in [3.05, 3.63) is 48.0 Å². The number of carboxylic acid groups (broad SMARTS) is 1. The number of Topliss-reactive ketones (excluding diaryl/α,β-unsaturated/α-hetero) is 1. The zero-order chi connectivity index (χ0) is 15.0. The van der Waals surface area contributed by atoms with Crippen LogP contribution in [0.5, 0.6) is 0 Å². The third-order valence-corrected chi connectivity index (χ3v) is 4.47. The predicted octanol–water partition coefficient (Wildman–Crippen LogP) is 4.56. The van der Waals surface area contributed by atoms with Gasteiger partial charge in [-0.1, -0.05) is 30.8 Å². The van der Waals surface area contributed by atoms with Crippen LogP contribution in [0.25, 0.3) is 0 Å². The number of anilines is 2. The monoisotopic (exact) mass is 299 g/mol. The van der Waals surface area contributed by atoms with E-state index in [4.69, 9.17) is 0 Å². The second-order valence-corrected chi connectivity index (χ2v) is 5.73. The van der Waals surface area contributed by atoms with E-state index in [0.717, 1.165) is 9.79 Å². The van der Waals surface area contributed by atoms with Crippen LogP contribution in [-0.4, -0.2) is 17.0 Å². The molecule has 2 aromatic carbocycles. The van der Waals surface area contributed by atoms with Gasteiger partial charge in [0.25, 0.3) is 0 Å². The van der Waals surface area contributed by atoms with Crippen LogP contribution in [-0.2, 0) is 0 Å². The average Bonchev–Trinajstić information content (AvgIpc) is 2.50. The van der Waals surface area contributed by atoms with E-state index in [2.05, 4.69) is 0 Å². The van der Waals surface area contributed by atoms with E-state index in [1.807, 2.05) is 25.1 Å². The van der Waals surface area contributed by atoms with Crippen LogP contribution in [0, 0.1) is 0 Å². The predicted molar refractivity (Wildman–Crippen MR) is 81.8 cm³/mol. The highest BCUT2D eigenvalue weighted by molar-refractivity contribution is 7.99. The Morgan fingerprint density at radius 1 is 1.10 bits per heavy atom. The molecule has 3 rings (SSSR count). The first-order valence-corrected chi connectivity index (χ1v) is 7.40. The van der Waals surface area contributed by atoms with E-state index in [9.17, 15) is 14.7 Å². The number of nitrogens with zero attached hydrogens (tertiary/aromatic N) is 1. The maximum atomic E-state index is 11.8. The molecular weight excluding hydrogens is 286 g/mol. The van der Waals surface area contributed by atoms with Gasteiger partial charge in [0.1, 0.15) is 0 Å². The van der Waals surface area contributed by atoms with Crippen molar-refractivity contribution in [3.63, 3.8) is 0 Å². The third kappa shape index (κ3) is 2.29. The number of carbonyl (C=O) groups is 2. The summed E-state index contributed by atoms with van der Waals surface area (Å²) in [5.41, 5.74) is 1.87. The number of fused-ring (bicyclic) bond motifs is 2. The van der Waals surface area contributed by atoms with Crippen molar-refractivity contribution in [1.29, 1.82) is 0 Å². The number of ketones is 1. The SMILES string of the molecule is CCC(=O)c1ccc2c(c1)Sc1ccccc1N2C(=O)O. The molecule has 0 radical (unpaired) electrons. The summed E-state index contributed by atoms with van der Waals surface area (Å²) in [4.78, 5) is 26.3. The van der Waals surface area contributed by atoms with Gasteiger partial charge in [0, 0.05) is 21.8 Å². The number of hydrogen-bond acceptors (Lipinski definition) is 3. The number of carbonyl (C=O) groups excluding carboxylic acids is 1. The van der Waals surface area contributed by atoms with Crippen LogP contribution >= 0.6 is 11.8 Å². The van der Waals surface area contributed by atoms with Gasteiger partial charge >= 0.3 is 6.09 Å². The average molecular weight is 299 g/mol. The van der Waals surface area contributed by atoms with E-state index in [0.29, 0.717) is 23.4 Å². The molecule has 1 amide bonds. The fourth-order valence-electron chi connectivity index (χ4n) is 2.34. The lowest BCUT2D eigenvalue weighted by Gasteiger charge is -2.29. The van der Waals surface area contributed by atoms with Gasteiger partial charge in [-0.3, -0.25) is 4.79 Å². The van der Waals surface area contributed by atoms with Gasteiger partial charge in [0.05, 0.1) is 11.4 Å². The Labute approximate surface area is 126 Å². The quantitative estimate of drug-likeness (QED) is 0.826. The van der Waals surface area contributed by atoms with Crippen molar-refractivity contribution in [2.45, 2.75) is 23.1 Å². The Bertz CT molecular complexity index is 742. The summed E-state index contributed by atoms with van der Waals surface area (Å²) in [6, 6.07) is 12.5. The molecule has 0 unspecified atom stereocenters. The number of hydrogen-bond donors (Lipinski definition) is 1. The molecule has 2 aromatic rings. The number of para-hydroxylation sites is 1. The first-order chi connectivity index (χ1) is 10.1. The summed E-state index contributed by atoms with van der Waals surface area (Å²) in [6.07, 6.45) is -0.596. The highest BCUT2D eigenvalue weighted by atomic mass is 32.2. The molecule has 1 heterocycles. The fourth-order valence-corrected chi connectivity index (χ4v) is 3.44. The Balaban J connectivity index is 2.15. The van der Waals surface area contributed by atoms with E-state index >= 15 is 0 Å². The van der Waals surface area contributed by atoms with Crippen molar-refractivity contribution < 1.29 is 14.7 Å². The minimum Gasteiger partial charge on any atom is -0.464 e. The van der Waals surface area contributed by atoms with Crippen LogP contribution in [0.4, 0.5) is 16.2 Å². The lowest BCUT2D eigenvalue weighted by Crippen LogP contribution is -2.26. The fraction of sp³-hybridized carbons (Fsp3) is 0.125. The van der Waals surface area contributed by atoms with Crippen molar-refractivity contribution >= 4 is 35.0 Å². The molecule has 0 bridgehead atoms. The summed E-state index contributed by atoms with van der Waals surface area (Å²) >= 11 is 1.49. The van der Waals surface area contributed by atoms with E-state index in [1.165, 1.54) is 16.7 Å². The van der Waals surface area contributed by atoms with Gasteiger partial charge in [-0.05, 0) is 30.3 Å². The lowest BCUT2D eigenvalue weighted by molar-refractivity contribution is 0.0988. The highest BCUT2D eigenvalue weighted by Crippen LogP contribution is 2.48. The zero-order valence-electron chi connectivity index (χ0n) is 11.4. The molecule has 0 spiro atoms. The van der Waals surface area contributed by atoms with Crippen molar-refractivity contribution in [3.8, 4) is 0 Å². The van der Waals surface area contributed by atoms with Gasteiger partial charge in [-0.25, -0.2) is 9.69 Å². The van der Waals surface area contributed by atoms with Gasteiger partial charge in [-0.2, -0.15) is 0 Å². The molecule has 5 heteroatoms. The maximum Gasteiger partial charge on any atom is 0.416 e. The minimum absolute atomic E-state index is 0.0548. The van der Waals surface area contributed by atoms with Crippen molar-refractivity contribution in [1.82, 2.24) is 0 Å². The lowest BCUT2D eigenvalue weighted by atomic mass is 10.1. The van der Waals surface area contributed by atoms with Crippen molar-refractivity contribution in [2.75, 3.05) is 4.90 Å². The highest BCUT2D eigenvalue weighted by Gasteiger charge is 2.28. The smallest absolute Gasteiger partial charge is 0.416 e. The Kier molecular flexibility index (Phi) is 3.43. The van der Waals surface area contributed by atoms with Gasteiger partial charge in [-0.15, -0.1) is 0 Å². The van der Waals surface area contributed by atoms with E-state index in [-0.39, 0.29) is 5.78 Å². The topological polar surface area (TPSA) is 57.6 Å². The summed E-state index contributed by atoms with van der Waals surface area (Å²) in [6.45, 7) is 1.81. The molecule has 1 aliphatic heterocycles. The van der Waals surface area contributed by atoms with E-state index in [1.54, 1.807) is 24.3 Å². The normalized spacial score (nSPS) is 12.5. The molecule has 106 valence electrons. The minimum atomic E-state index is -1.03. The summed E-state index contributed by atoms with van der Waals surface area (Å²) in [5, 5.41) is 9.51. The molecule has 0 saturated carbocycles. The van der Waals surface area contributed by atoms with Crippen LogP contribution in [0.15, 0.2) is 52.3 Å². The molecule has 1 aliphatic rings. The Morgan fingerprint density at radius 3 is 2.52 bits per heavy atom. The second kappa shape index (κ2) is 5.26. The van der Waals surface area contributed by atoms with Crippen LogP contribution in [0.1, 0.15) is 23.7 Å². The molecule has 21 heavy (non-hydrogen) atoms. The Hall–Kier alpha value is -2.27. The molecule has 0 atom stereocenters. The summed E-state index contributed by atoms with van der Waals surface area (Å²) < 4.78 is 0. The summed E-state index contributed by atoms with van der Waals surface area (Å²) in [7, 11) is 0. The standard InChI is InChI=1S/C16H13NO3S/c1-2-13(18)10-7-8-12-15(9-10)21-14-6-4-3-5-11(14)17(12)16(19)20/h3-9H,2H2,1H3,(H,19,20). The first-order valence-electron chi connectivity index (χ1n) is 6.59. The number of amides is 1. The van der Waals surface area contributed by atoms with E-state index < -0.39 is 6.09 Å². The molecule has 0 fully saturated rings. The van der Waals surface area contributed by atoms with Crippen LogP contribution in [0.2, 0.25) is 0 Å². The van der Waals surface area contributed by atoms with Crippen LogP contribution < -0.4 is 4.90 Å². The molecule has 4 nitrogen and oxygen atoms in total. The third-order valence-electron chi connectivity index (χ3n) is 3.36. The van der Waals surface area contributed by atoms with Gasteiger partial charge in [0.2, 0.25) is 0 Å². The molecule has 0 saturated heterocycles. The maximum absolute atomic E-state index is 11.8. The first kappa shape index (κ1) is 13.7. The van der Waals surface area contributed by atoms with Gasteiger partial charge < -0.3 is 5.11 Å². The summed E-state index contributed by atoms with van der Waals surface area (Å²) in [5.74, 6) is 0.0548. The Morgan fingerprint density at radius 2 is 1.81 bits per heavy atom. The molecular formula is C16H13NO3S. The van der Waals surface area contributed by atoms with Crippen molar-refractivity contribution in [2.24, 2.45) is 0 Å². The largest absolute Gasteiger partial charge is 0.464 e. The molecule has 0 aliphatic carbocycles. The molecule has 0 aromatic heterocycles. The van der Waals surface area contributed by atoms with Crippen LogP contribution in [0.3, 0.4) is 0 Å².